The van der Waals surface area contributed by atoms with Crippen molar-refractivity contribution < 1.29 is 9.53 Å². The smallest absolute Gasteiger partial charge is 0.293 e. The molecular weight excluding hydrogens is 256 g/mol. The molecule has 0 saturated heterocycles. The molecule has 0 atom stereocenters. The quantitative estimate of drug-likeness (QED) is 0.898. The molecule has 0 radical (unpaired) electrons. The number of para-hydroxylation sites is 1. The second kappa shape index (κ2) is 6.18. The van der Waals surface area contributed by atoms with Crippen molar-refractivity contribution in [2.75, 3.05) is 20.2 Å². The van der Waals surface area contributed by atoms with Gasteiger partial charge in [-0.05, 0) is 25.5 Å². The van der Waals surface area contributed by atoms with Gasteiger partial charge in [-0.3, -0.25) is 9.89 Å². The molecule has 6 nitrogen and oxygen atoms in total. The Balaban J connectivity index is 1.85. The third kappa shape index (κ3) is 3.34. The van der Waals surface area contributed by atoms with E-state index in [1.165, 1.54) is 0 Å². The average molecular weight is 274 g/mol. The van der Waals surface area contributed by atoms with E-state index in [1.807, 2.05) is 31.2 Å². The highest BCUT2D eigenvalue weighted by Crippen LogP contribution is 2.15. The van der Waals surface area contributed by atoms with Crippen molar-refractivity contribution in [3.63, 3.8) is 0 Å². The summed E-state index contributed by atoms with van der Waals surface area (Å²) >= 11 is 0. The van der Waals surface area contributed by atoms with Crippen molar-refractivity contribution in [1.82, 2.24) is 20.1 Å². The Morgan fingerprint density at radius 2 is 2.10 bits per heavy atom. The lowest BCUT2D eigenvalue weighted by Crippen LogP contribution is -2.31. The average Bonchev–Trinajstić information content (AvgIpc) is 2.86. The number of aryl methyl sites for hydroxylation is 2. The molecule has 0 unspecified atom stereocenters. The van der Waals surface area contributed by atoms with Gasteiger partial charge < -0.3 is 9.64 Å². The Bertz CT molecular complexity index is 594. The lowest BCUT2D eigenvalue weighted by Gasteiger charge is -2.16. The molecule has 1 N–H and O–H groups in total. The number of hydrogen-bond donors (Lipinski definition) is 1. The van der Waals surface area contributed by atoms with Crippen LogP contribution in [0.25, 0.3) is 0 Å². The van der Waals surface area contributed by atoms with Crippen LogP contribution in [0.15, 0.2) is 24.3 Å². The van der Waals surface area contributed by atoms with Gasteiger partial charge in [0, 0.05) is 7.05 Å². The maximum absolute atomic E-state index is 12.0. The van der Waals surface area contributed by atoms with Gasteiger partial charge in [0.15, 0.2) is 0 Å². The maximum Gasteiger partial charge on any atom is 0.293 e. The second-order valence-corrected chi connectivity index (χ2v) is 4.59. The molecule has 1 aromatic carbocycles. The summed E-state index contributed by atoms with van der Waals surface area (Å²) < 4.78 is 5.66. The van der Waals surface area contributed by atoms with Crippen LogP contribution in [0.3, 0.4) is 0 Å². The van der Waals surface area contributed by atoms with Gasteiger partial charge >= 0.3 is 0 Å². The number of carbonyl (C=O) groups excluding carboxylic acids is 1. The van der Waals surface area contributed by atoms with Gasteiger partial charge in [-0.1, -0.05) is 18.2 Å². The first kappa shape index (κ1) is 14.0. The van der Waals surface area contributed by atoms with Crippen molar-refractivity contribution >= 4 is 5.91 Å². The SMILES string of the molecule is Cc1nc(C(=O)N(C)CCOc2ccccc2C)n[nH]1. The fraction of sp³-hybridized carbons (Fsp3) is 0.357. The molecule has 0 aliphatic heterocycles. The third-order valence-corrected chi connectivity index (χ3v) is 2.91. The Labute approximate surface area is 117 Å². The number of ether oxygens (including phenoxy) is 1. The van der Waals surface area contributed by atoms with Crippen LogP contribution in [-0.2, 0) is 0 Å². The van der Waals surface area contributed by atoms with Gasteiger partial charge in [0.2, 0.25) is 5.82 Å². The van der Waals surface area contributed by atoms with Crippen LogP contribution < -0.4 is 4.74 Å². The van der Waals surface area contributed by atoms with Crippen molar-refractivity contribution in [3.8, 4) is 5.75 Å². The molecular formula is C14H18N4O2. The number of amides is 1. The number of carbonyl (C=O) groups is 1. The first-order valence-electron chi connectivity index (χ1n) is 6.41. The van der Waals surface area contributed by atoms with E-state index in [2.05, 4.69) is 15.2 Å². The predicted octanol–water partition coefficient (Wildman–Crippen LogP) is 1.57. The number of nitrogens with one attached hydrogen (secondary N) is 1. The van der Waals surface area contributed by atoms with Gasteiger partial charge in [0.05, 0.1) is 6.54 Å². The van der Waals surface area contributed by atoms with Crippen molar-refractivity contribution in [1.29, 1.82) is 0 Å². The van der Waals surface area contributed by atoms with E-state index in [0.29, 0.717) is 19.0 Å². The van der Waals surface area contributed by atoms with Crippen LogP contribution in [0.4, 0.5) is 0 Å². The Kier molecular flexibility index (Phi) is 4.34. The summed E-state index contributed by atoms with van der Waals surface area (Å²) in [5, 5.41) is 6.50. The monoisotopic (exact) mass is 274 g/mol. The van der Waals surface area contributed by atoms with E-state index >= 15 is 0 Å². The fourth-order valence-electron chi connectivity index (χ4n) is 1.72. The van der Waals surface area contributed by atoms with Crippen molar-refractivity contribution in [3.05, 3.63) is 41.5 Å². The lowest BCUT2D eigenvalue weighted by molar-refractivity contribution is 0.0762. The zero-order chi connectivity index (χ0) is 14.5. The minimum absolute atomic E-state index is 0.181. The largest absolute Gasteiger partial charge is 0.491 e. The second-order valence-electron chi connectivity index (χ2n) is 4.59. The molecule has 2 aromatic rings. The molecule has 0 fully saturated rings. The molecule has 1 aromatic heterocycles. The number of H-pyrrole nitrogens is 1. The van der Waals surface area contributed by atoms with E-state index in [9.17, 15) is 4.79 Å². The van der Waals surface area contributed by atoms with Crippen LogP contribution in [0, 0.1) is 13.8 Å². The standard InChI is InChI=1S/C14H18N4O2/c1-10-6-4-5-7-12(10)20-9-8-18(3)14(19)13-15-11(2)16-17-13/h4-7H,8-9H2,1-3H3,(H,15,16,17). The Hall–Kier alpha value is -2.37. The highest BCUT2D eigenvalue weighted by atomic mass is 16.5. The zero-order valence-electron chi connectivity index (χ0n) is 11.9. The van der Waals surface area contributed by atoms with E-state index < -0.39 is 0 Å². The highest BCUT2D eigenvalue weighted by molar-refractivity contribution is 5.90. The molecule has 0 bridgehead atoms. The number of rotatable bonds is 5. The van der Waals surface area contributed by atoms with E-state index in [4.69, 9.17) is 4.74 Å². The van der Waals surface area contributed by atoms with Crippen LogP contribution in [0.5, 0.6) is 5.75 Å². The van der Waals surface area contributed by atoms with E-state index in [-0.39, 0.29) is 11.7 Å². The van der Waals surface area contributed by atoms with E-state index in [0.717, 1.165) is 11.3 Å². The molecule has 0 spiro atoms. The molecule has 1 heterocycles. The molecule has 1 amide bonds. The van der Waals surface area contributed by atoms with Gasteiger partial charge in [0.1, 0.15) is 18.2 Å². The fourth-order valence-corrected chi connectivity index (χ4v) is 1.72. The van der Waals surface area contributed by atoms with Gasteiger partial charge in [-0.2, -0.15) is 0 Å². The summed E-state index contributed by atoms with van der Waals surface area (Å²) in [4.78, 5) is 17.5. The third-order valence-electron chi connectivity index (χ3n) is 2.91. The first-order chi connectivity index (χ1) is 9.58. The summed E-state index contributed by atoms with van der Waals surface area (Å²) in [6, 6.07) is 7.79. The number of aromatic nitrogens is 3. The summed E-state index contributed by atoms with van der Waals surface area (Å²) in [5.74, 6) is 1.42. The number of likely N-dealkylation sites (N-methyl/N-ethyl adjacent to an activating group) is 1. The predicted molar refractivity (Wildman–Crippen MR) is 74.8 cm³/mol. The molecule has 20 heavy (non-hydrogen) atoms. The molecule has 0 aliphatic rings. The summed E-state index contributed by atoms with van der Waals surface area (Å²) in [6.45, 7) is 4.64. The normalized spacial score (nSPS) is 10.3. The Morgan fingerprint density at radius 3 is 2.75 bits per heavy atom. The molecule has 2 rings (SSSR count). The minimum atomic E-state index is -0.220. The zero-order valence-corrected chi connectivity index (χ0v) is 11.9. The van der Waals surface area contributed by atoms with Crippen LogP contribution in [0.1, 0.15) is 22.0 Å². The van der Waals surface area contributed by atoms with Gasteiger partial charge in [-0.25, -0.2) is 4.98 Å². The van der Waals surface area contributed by atoms with Crippen molar-refractivity contribution in [2.45, 2.75) is 13.8 Å². The maximum atomic E-state index is 12.0. The number of nitrogens with zero attached hydrogens (tertiary/aromatic N) is 3. The highest BCUT2D eigenvalue weighted by Gasteiger charge is 2.16. The molecule has 0 saturated carbocycles. The number of benzene rings is 1. The summed E-state index contributed by atoms with van der Waals surface area (Å²) in [7, 11) is 1.70. The molecule has 106 valence electrons. The molecule has 0 aliphatic carbocycles. The minimum Gasteiger partial charge on any atom is -0.491 e. The van der Waals surface area contributed by atoms with Gasteiger partial charge in [-0.15, -0.1) is 5.10 Å². The van der Waals surface area contributed by atoms with Crippen LogP contribution in [0.2, 0.25) is 0 Å². The Morgan fingerprint density at radius 1 is 1.35 bits per heavy atom. The summed E-state index contributed by atoms with van der Waals surface area (Å²) in [6.07, 6.45) is 0. The lowest BCUT2D eigenvalue weighted by atomic mass is 10.2. The topological polar surface area (TPSA) is 71.1 Å². The van der Waals surface area contributed by atoms with Gasteiger partial charge in [0.25, 0.3) is 5.91 Å². The van der Waals surface area contributed by atoms with E-state index in [1.54, 1.807) is 18.9 Å². The van der Waals surface area contributed by atoms with Crippen molar-refractivity contribution in [2.24, 2.45) is 0 Å². The van der Waals surface area contributed by atoms with Crippen LogP contribution >= 0.6 is 0 Å². The van der Waals surface area contributed by atoms with Crippen LogP contribution in [-0.4, -0.2) is 46.2 Å². The molecule has 6 heteroatoms. The number of hydrogen-bond acceptors (Lipinski definition) is 4. The summed E-state index contributed by atoms with van der Waals surface area (Å²) in [5.41, 5.74) is 1.08. The number of aromatic amines is 1. The first-order valence-corrected chi connectivity index (χ1v) is 6.41.